The number of ether oxygens (including phenoxy) is 1. The van der Waals surface area contributed by atoms with Crippen molar-refractivity contribution in [2.24, 2.45) is 0 Å². The fraction of sp³-hybridized carbons (Fsp3) is 0.533. The van der Waals surface area contributed by atoms with E-state index in [2.05, 4.69) is 12.2 Å². The molecule has 1 N–H and O–H groups in total. The first-order chi connectivity index (χ1) is 9.47. The molecule has 0 bridgehead atoms. The summed E-state index contributed by atoms with van der Waals surface area (Å²) in [5.74, 6) is 0.584. The van der Waals surface area contributed by atoms with E-state index in [1.165, 1.54) is 4.90 Å². The third-order valence-electron chi connectivity index (χ3n) is 2.90. The number of likely N-dealkylation sites (N-methyl/N-ethyl adjacent to an activating group) is 1. The fourth-order valence-electron chi connectivity index (χ4n) is 1.82. The van der Waals surface area contributed by atoms with Crippen molar-refractivity contribution in [1.82, 2.24) is 10.2 Å². The zero-order valence-electron chi connectivity index (χ0n) is 12.6. The minimum atomic E-state index is -0.534. The summed E-state index contributed by atoms with van der Waals surface area (Å²) in [6.45, 7) is 5.39. The standard InChI is InChI=1S/C15H23ClN2O2/c1-5-9-17-10-12-13(16)7-6-8-14(12)20-11(2)15(19)18(3)4/h6-8,11,17H,5,9-10H2,1-4H3. The van der Waals surface area contributed by atoms with Crippen molar-refractivity contribution in [2.45, 2.75) is 32.9 Å². The monoisotopic (exact) mass is 298 g/mol. The average molecular weight is 299 g/mol. The Morgan fingerprint density at radius 2 is 2.15 bits per heavy atom. The Hall–Kier alpha value is -1.26. The second kappa shape index (κ2) is 8.12. The summed E-state index contributed by atoms with van der Waals surface area (Å²) in [7, 11) is 3.42. The summed E-state index contributed by atoms with van der Waals surface area (Å²) < 4.78 is 5.76. The van der Waals surface area contributed by atoms with Gasteiger partial charge in [-0.15, -0.1) is 0 Å². The molecule has 0 aliphatic heterocycles. The van der Waals surface area contributed by atoms with E-state index in [0.29, 0.717) is 17.3 Å². The van der Waals surface area contributed by atoms with Crippen molar-refractivity contribution in [3.63, 3.8) is 0 Å². The van der Waals surface area contributed by atoms with Crippen molar-refractivity contribution in [3.8, 4) is 5.75 Å². The van der Waals surface area contributed by atoms with E-state index < -0.39 is 6.10 Å². The van der Waals surface area contributed by atoms with Crippen molar-refractivity contribution < 1.29 is 9.53 Å². The van der Waals surface area contributed by atoms with Crippen LogP contribution in [0.3, 0.4) is 0 Å². The summed E-state index contributed by atoms with van der Waals surface area (Å²) in [5.41, 5.74) is 0.890. The molecule has 0 saturated heterocycles. The van der Waals surface area contributed by atoms with Gasteiger partial charge in [-0.2, -0.15) is 0 Å². The minimum absolute atomic E-state index is 0.0718. The number of hydrogen-bond acceptors (Lipinski definition) is 3. The summed E-state index contributed by atoms with van der Waals surface area (Å²) in [4.78, 5) is 13.4. The summed E-state index contributed by atoms with van der Waals surface area (Å²) in [5, 5.41) is 3.95. The Balaban J connectivity index is 2.83. The molecule has 0 saturated carbocycles. The number of hydrogen-bond donors (Lipinski definition) is 1. The highest BCUT2D eigenvalue weighted by Crippen LogP contribution is 2.27. The first-order valence-electron chi connectivity index (χ1n) is 6.83. The summed E-state index contributed by atoms with van der Waals surface area (Å²) in [6.07, 6.45) is 0.518. The molecule has 112 valence electrons. The topological polar surface area (TPSA) is 41.6 Å². The van der Waals surface area contributed by atoms with E-state index in [9.17, 15) is 4.79 Å². The molecule has 0 aromatic heterocycles. The van der Waals surface area contributed by atoms with Gasteiger partial charge in [0.05, 0.1) is 0 Å². The molecule has 0 heterocycles. The van der Waals surface area contributed by atoms with Crippen LogP contribution >= 0.6 is 11.6 Å². The predicted octanol–water partition coefficient (Wildman–Crippen LogP) is 2.70. The number of nitrogens with zero attached hydrogens (tertiary/aromatic N) is 1. The quantitative estimate of drug-likeness (QED) is 0.787. The van der Waals surface area contributed by atoms with Crippen LogP contribution in [0.2, 0.25) is 5.02 Å². The van der Waals surface area contributed by atoms with Crippen molar-refractivity contribution in [3.05, 3.63) is 28.8 Å². The second-order valence-electron chi connectivity index (χ2n) is 4.89. The van der Waals surface area contributed by atoms with E-state index in [-0.39, 0.29) is 5.91 Å². The molecule has 1 aromatic carbocycles. The van der Waals surface area contributed by atoms with Gasteiger partial charge in [0.1, 0.15) is 5.75 Å². The van der Waals surface area contributed by atoms with Crippen molar-refractivity contribution in [2.75, 3.05) is 20.6 Å². The molecule has 0 spiro atoms. The number of carbonyl (C=O) groups excluding carboxylic acids is 1. The molecule has 0 fully saturated rings. The van der Waals surface area contributed by atoms with Gasteiger partial charge >= 0.3 is 0 Å². The predicted molar refractivity (Wildman–Crippen MR) is 82.2 cm³/mol. The summed E-state index contributed by atoms with van der Waals surface area (Å²) in [6, 6.07) is 5.50. The highest BCUT2D eigenvalue weighted by atomic mass is 35.5. The zero-order valence-corrected chi connectivity index (χ0v) is 13.3. The van der Waals surface area contributed by atoms with E-state index in [1.807, 2.05) is 18.2 Å². The number of nitrogens with one attached hydrogen (secondary N) is 1. The molecule has 1 rings (SSSR count). The van der Waals surface area contributed by atoms with Crippen LogP contribution in [-0.2, 0) is 11.3 Å². The molecular formula is C15H23ClN2O2. The van der Waals surface area contributed by atoms with E-state index in [4.69, 9.17) is 16.3 Å². The molecule has 1 aromatic rings. The smallest absolute Gasteiger partial charge is 0.262 e. The van der Waals surface area contributed by atoms with Crippen LogP contribution in [0.4, 0.5) is 0 Å². The van der Waals surface area contributed by atoms with Crippen LogP contribution in [0.25, 0.3) is 0 Å². The fourth-order valence-corrected chi connectivity index (χ4v) is 2.05. The lowest BCUT2D eigenvalue weighted by Crippen LogP contribution is -2.35. The van der Waals surface area contributed by atoms with Crippen LogP contribution < -0.4 is 10.1 Å². The largest absolute Gasteiger partial charge is 0.481 e. The highest BCUT2D eigenvalue weighted by Gasteiger charge is 2.18. The van der Waals surface area contributed by atoms with Crippen molar-refractivity contribution in [1.29, 1.82) is 0 Å². The Morgan fingerprint density at radius 3 is 2.75 bits per heavy atom. The Morgan fingerprint density at radius 1 is 1.45 bits per heavy atom. The summed E-state index contributed by atoms with van der Waals surface area (Å²) >= 11 is 6.22. The maximum Gasteiger partial charge on any atom is 0.262 e. The SMILES string of the molecule is CCCNCc1c(Cl)cccc1OC(C)C(=O)N(C)C. The maximum atomic E-state index is 11.9. The minimum Gasteiger partial charge on any atom is -0.481 e. The second-order valence-corrected chi connectivity index (χ2v) is 5.29. The average Bonchev–Trinajstić information content (AvgIpc) is 2.40. The third-order valence-corrected chi connectivity index (χ3v) is 3.25. The van der Waals surface area contributed by atoms with E-state index >= 15 is 0 Å². The first kappa shape index (κ1) is 16.8. The van der Waals surface area contributed by atoms with Crippen molar-refractivity contribution >= 4 is 17.5 Å². The number of rotatable bonds is 7. The Bertz CT molecular complexity index is 449. The number of carbonyl (C=O) groups is 1. The Kier molecular flexibility index (Phi) is 6.82. The molecule has 1 unspecified atom stereocenters. The van der Waals surface area contributed by atoms with Gasteiger partial charge in [-0.05, 0) is 32.0 Å². The van der Waals surface area contributed by atoms with Gasteiger partial charge < -0.3 is 15.0 Å². The Labute approximate surface area is 126 Å². The molecule has 5 heteroatoms. The molecular weight excluding hydrogens is 276 g/mol. The maximum absolute atomic E-state index is 11.9. The molecule has 1 atom stereocenters. The van der Waals surface area contributed by atoms with Crippen LogP contribution in [0, 0.1) is 0 Å². The van der Waals surface area contributed by atoms with Gasteiger partial charge in [-0.25, -0.2) is 0 Å². The zero-order chi connectivity index (χ0) is 15.1. The normalized spacial score (nSPS) is 12.1. The van der Waals surface area contributed by atoms with Gasteiger partial charge in [0.2, 0.25) is 0 Å². The van der Waals surface area contributed by atoms with Gasteiger partial charge in [0.25, 0.3) is 5.91 Å². The van der Waals surface area contributed by atoms with E-state index in [0.717, 1.165) is 18.5 Å². The van der Waals surface area contributed by atoms with Gasteiger partial charge in [-0.1, -0.05) is 24.6 Å². The van der Waals surface area contributed by atoms with Crippen LogP contribution in [0.5, 0.6) is 5.75 Å². The third kappa shape index (κ3) is 4.69. The lowest BCUT2D eigenvalue weighted by Gasteiger charge is -2.20. The van der Waals surface area contributed by atoms with Gasteiger partial charge in [-0.3, -0.25) is 4.79 Å². The van der Waals surface area contributed by atoms with Crippen LogP contribution in [-0.4, -0.2) is 37.6 Å². The first-order valence-corrected chi connectivity index (χ1v) is 7.21. The van der Waals surface area contributed by atoms with Crippen LogP contribution in [0.1, 0.15) is 25.8 Å². The lowest BCUT2D eigenvalue weighted by atomic mass is 10.2. The molecule has 4 nitrogen and oxygen atoms in total. The highest BCUT2D eigenvalue weighted by molar-refractivity contribution is 6.31. The molecule has 0 aliphatic carbocycles. The lowest BCUT2D eigenvalue weighted by molar-refractivity contribution is -0.135. The van der Waals surface area contributed by atoms with E-state index in [1.54, 1.807) is 21.0 Å². The number of halogens is 1. The molecule has 20 heavy (non-hydrogen) atoms. The van der Waals surface area contributed by atoms with Gasteiger partial charge in [0.15, 0.2) is 6.10 Å². The molecule has 0 radical (unpaired) electrons. The number of amides is 1. The number of benzene rings is 1. The molecule has 1 amide bonds. The van der Waals surface area contributed by atoms with Crippen LogP contribution in [0.15, 0.2) is 18.2 Å². The van der Waals surface area contributed by atoms with Gasteiger partial charge in [0, 0.05) is 31.2 Å². The molecule has 0 aliphatic rings.